The lowest BCUT2D eigenvalue weighted by atomic mass is 10.2. The van der Waals surface area contributed by atoms with Crippen LogP contribution in [0, 0.1) is 11.6 Å². The summed E-state index contributed by atoms with van der Waals surface area (Å²) in [6.45, 7) is 0. The number of ether oxygens (including phenoxy) is 2. The minimum atomic E-state index is -0.608. The lowest BCUT2D eigenvalue weighted by Crippen LogP contribution is -2.13. The molecule has 3 aromatic rings. The van der Waals surface area contributed by atoms with Crippen molar-refractivity contribution >= 4 is 16.9 Å². The van der Waals surface area contributed by atoms with Crippen LogP contribution in [0.3, 0.4) is 0 Å². The Hall–Kier alpha value is -2.86. The maximum absolute atomic E-state index is 13.7. The summed E-state index contributed by atoms with van der Waals surface area (Å²) in [4.78, 5) is 14.2. The number of hydrogen-bond acceptors (Lipinski definition) is 3. The molecule has 0 amide bonds. The molecule has 0 aliphatic carbocycles. The van der Waals surface area contributed by atoms with Gasteiger partial charge in [0.15, 0.2) is 16.4 Å². The average molecular weight is 371 g/mol. The van der Waals surface area contributed by atoms with Crippen LogP contribution < -0.4 is 4.74 Å². The number of carbonyl (C=O) groups is 1. The Balaban J connectivity index is 1.86. The van der Waals surface area contributed by atoms with E-state index in [-0.39, 0.29) is 0 Å². The number of fused-ring (bicyclic) bond motifs is 2. The fourth-order valence-electron chi connectivity index (χ4n) is 2.80. The second-order valence-corrected chi connectivity index (χ2v) is 7.57. The number of methoxy groups -OCH3 is 1. The zero-order chi connectivity index (χ0) is 18.3. The van der Waals surface area contributed by atoms with Gasteiger partial charge in [-0.05, 0) is 36.4 Å². The molecule has 0 unspecified atom stereocenters. The fourth-order valence-corrected chi connectivity index (χ4v) is 4.96. The van der Waals surface area contributed by atoms with Crippen molar-refractivity contribution in [3.8, 4) is 11.5 Å². The zero-order valence-corrected chi connectivity index (χ0v) is 14.5. The van der Waals surface area contributed by atoms with E-state index >= 15 is 0 Å². The molecule has 0 saturated heterocycles. The molecular weight excluding hydrogens is 358 g/mol. The summed E-state index contributed by atoms with van der Waals surface area (Å²) in [5.74, 6) is -0.537. The Morgan fingerprint density at radius 1 is 0.885 bits per heavy atom. The summed E-state index contributed by atoms with van der Waals surface area (Å²) in [5, 5.41) is 0. The lowest BCUT2D eigenvalue weighted by Gasteiger charge is -2.20. The molecule has 0 saturated carbocycles. The molecule has 0 radical (unpaired) electrons. The van der Waals surface area contributed by atoms with Crippen LogP contribution in [0.4, 0.5) is 8.78 Å². The van der Waals surface area contributed by atoms with Crippen LogP contribution in [0.15, 0.2) is 75.4 Å². The second kappa shape index (κ2) is 6.46. The van der Waals surface area contributed by atoms with Crippen LogP contribution >= 0.6 is 0 Å². The normalized spacial score (nSPS) is 12.7. The third-order valence-corrected chi connectivity index (χ3v) is 6.28. The van der Waals surface area contributed by atoms with Crippen LogP contribution in [0.1, 0.15) is 10.4 Å². The van der Waals surface area contributed by atoms with Gasteiger partial charge in [-0.15, -0.1) is 0 Å². The summed E-state index contributed by atoms with van der Waals surface area (Å²) in [5.41, 5.74) is 0.437. The van der Waals surface area contributed by atoms with Crippen molar-refractivity contribution in [2.45, 2.75) is 14.7 Å². The number of halogens is 2. The Bertz CT molecular complexity index is 951. The molecule has 1 heterocycles. The van der Waals surface area contributed by atoms with E-state index in [4.69, 9.17) is 9.47 Å². The lowest BCUT2D eigenvalue weighted by molar-refractivity contribution is 0.0600. The topological polar surface area (TPSA) is 35.5 Å². The molecule has 1 aliphatic heterocycles. The van der Waals surface area contributed by atoms with E-state index in [1.165, 1.54) is 31.4 Å². The van der Waals surface area contributed by atoms with E-state index in [0.717, 1.165) is 14.7 Å². The Morgan fingerprint density at radius 3 is 1.92 bits per heavy atom. The van der Waals surface area contributed by atoms with Crippen molar-refractivity contribution < 1.29 is 23.0 Å². The van der Waals surface area contributed by atoms with Crippen molar-refractivity contribution in [3.05, 3.63) is 77.9 Å². The van der Waals surface area contributed by atoms with Gasteiger partial charge < -0.3 is 9.47 Å². The quantitative estimate of drug-likeness (QED) is 0.369. The number of esters is 1. The highest BCUT2D eigenvalue weighted by atomic mass is 32.2. The highest BCUT2D eigenvalue weighted by Crippen LogP contribution is 2.47. The van der Waals surface area contributed by atoms with Crippen molar-refractivity contribution in [2.24, 2.45) is 0 Å². The maximum atomic E-state index is 13.7. The second-order valence-electron chi connectivity index (χ2n) is 5.61. The molecule has 0 bridgehead atoms. The number of carbonyl (C=O) groups excluding carboxylic acids is 1. The Labute approximate surface area is 151 Å². The van der Waals surface area contributed by atoms with Crippen molar-refractivity contribution in [3.63, 3.8) is 0 Å². The SMILES string of the molecule is COC(=O)c1ccc([S+]2c3ccc(F)cc3Oc3cc(F)ccc32)cc1. The van der Waals surface area contributed by atoms with Gasteiger partial charge in [0.05, 0.1) is 12.7 Å². The van der Waals surface area contributed by atoms with Gasteiger partial charge in [0.1, 0.15) is 22.5 Å². The molecule has 26 heavy (non-hydrogen) atoms. The molecular formula is C20H13F2O3S+. The van der Waals surface area contributed by atoms with Gasteiger partial charge in [0.2, 0.25) is 9.79 Å². The van der Waals surface area contributed by atoms with Gasteiger partial charge in [0, 0.05) is 24.3 Å². The fraction of sp³-hybridized carbons (Fsp3) is 0.0500. The zero-order valence-electron chi connectivity index (χ0n) is 13.7. The molecule has 130 valence electrons. The monoisotopic (exact) mass is 371 g/mol. The number of hydrogen-bond donors (Lipinski definition) is 0. The summed E-state index contributed by atoms with van der Waals surface area (Å²) in [6, 6.07) is 15.7. The summed E-state index contributed by atoms with van der Waals surface area (Å²) < 4.78 is 37.8. The molecule has 3 aromatic carbocycles. The van der Waals surface area contributed by atoms with E-state index in [2.05, 4.69) is 0 Å². The minimum Gasteiger partial charge on any atom is -0.465 e. The molecule has 0 spiro atoms. The van der Waals surface area contributed by atoms with E-state index in [1.807, 2.05) is 12.1 Å². The van der Waals surface area contributed by atoms with Crippen molar-refractivity contribution in [2.75, 3.05) is 7.11 Å². The van der Waals surface area contributed by atoms with Crippen molar-refractivity contribution in [1.82, 2.24) is 0 Å². The maximum Gasteiger partial charge on any atom is 0.337 e. The van der Waals surface area contributed by atoms with Gasteiger partial charge in [0.25, 0.3) is 0 Å². The van der Waals surface area contributed by atoms with Gasteiger partial charge in [-0.2, -0.15) is 0 Å². The third-order valence-electron chi connectivity index (χ3n) is 3.98. The first-order valence-corrected chi connectivity index (χ1v) is 8.99. The molecule has 6 heteroatoms. The van der Waals surface area contributed by atoms with E-state index in [0.29, 0.717) is 17.1 Å². The standard InChI is InChI=1S/C20H13F2O3S/c1-24-20(23)12-2-6-15(7-3-12)26-18-8-4-13(21)10-16(18)25-17-11-14(22)5-9-19(17)26/h2-11H,1H3/q+1. The van der Waals surface area contributed by atoms with Crippen molar-refractivity contribution in [1.29, 1.82) is 0 Å². The first-order valence-electron chi connectivity index (χ1n) is 7.76. The third kappa shape index (κ3) is 2.82. The summed E-state index contributed by atoms with van der Waals surface area (Å²) in [7, 11) is 0.717. The van der Waals surface area contributed by atoms with Crippen LogP contribution in [-0.4, -0.2) is 13.1 Å². The predicted molar refractivity (Wildman–Crippen MR) is 92.8 cm³/mol. The van der Waals surface area contributed by atoms with Crippen LogP contribution in [0.2, 0.25) is 0 Å². The van der Waals surface area contributed by atoms with Gasteiger partial charge in [-0.25, -0.2) is 13.6 Å². The molecule has 0 fully saturated rings. The van der Waals surface area contributed by atoms with E-state index < -0.39 is 28.5 Å². The molecule has 1 aliphatic rings. The predicted octanol–water partition coefficient (Wildman–Crippen LogP) is 4.95. The Kier molecular flexibility index (Phi) is 4.12. The first-order chi connectivity index (χ1) is 12.6. The molecule has 4 rings (SSSR count). The van der Waals surface area contributed by atoms with Crippen LogP contribution in [-0.2, 0) is 15.6 Å². The largest absolute Gasteiger partial charge is 0.465 e. The Morgan fingerprint density at radius 2 is 1.42 bits per heavy atom. The molecule has 0 N–H and O–H groups in total. The molecule has 0 aromatic heterocycles. The van der Waals surface area contributed by atoms with Crippen LogP contribution in [0.5, 0.6) is 11.5 Å². The van der Waals surface area contributed by atoms with Gasteiger partial charge in [-0.3, -0.25) is 0 Å². The van der Waals surface area contributed by atoms with E-state index in [9.17, 15) is 13.6 Å². The van der Waals surface area contributed by atoms with Gasteiger partial charge in [-0.1, -0.05) is 0 Å². The first kappa shape index (κ1) is 16.6. The van der Waals surface area contributed by atoms with Gasteiger partial charge >= 0.3 is 5.97 Å². The van der Waals surface area contributed by atoms with Crippen LogP contribution in [0.25, 0.3) is 0 Å². The highest BCUT2D eigenvalue weighted by Gasteiger charge is 2.39. The average Bonchev–Trinajstić information content (AvgIpc) is 2.65. The number of rotatable bonds is 2. The molecule has 0 atom stereocenters. The number of benzene rings is 3. The minimum absolute atomic E-state index is 0.364. The van der Waals surface area contributed by atoms with E-state index in [1.54, 1.807) is 24.3 Å². The summed E-state index contributed by atoms with van der Waals surface area (Å²) in [6.07, 6.45) is 0. The summed E-state index contributed by atoms with van der Waals surface area (Å²) >= 11 is 0. The smallest absolute Gasteiger partial charge is 0.337 e. The highest BCUT2D eigenvalue weighted by molar-refractivity contribution is 7.97. The molecule has 3 nitrogen and oxygen atoms in total.